The molecule has 1 fully saturated rings. The lowest BCUT2D eigenvalue weighted by Crippen LogP contribution is -2.39. The summed E-state index contributed by atoms with van der Waals surface area (Å²) in [4.78, 5) is 14.2. The van der Waals surface area contributed by atoms with E-state index in [2.05, 4.69) is 10.2 Å². The van der Waals surface area contributed by atoms with Crippen molar-refractivity contribution in [1.82, 2.24) is 4.90 Å². The van der Waals surface area contributed by atoms with E-state index in [0.717, 1.165) is 0 Å². The minimum absolute atomic E-state index is 0.0311. The van der Waals surface area contributed by atoms with Crippen molar-refractivity contribution in [3.63, 3.8) is 0 Å². The van der Waals surface area contributed by atoms with Crippen LogP contribution in [-0.2, 0) is 4.79 Å². The van der Waals surface area contributed by atoms with Crippen LogP contribution < -0.4 is 5.32 Å². The predicted octanol–water partition coefficient (Wildman–Crippen LogP) is 4.20. The summed E-state index contributed by atoms with van der Waals surface area (Å²) in [6, 6.07) is 5.57. The third-order valence-corrected chi connectivity index (χ3v) is 4.17. The van der Waals surface area contributed by atoms with Crippen LogP contribution in [-0.4, -0.2) is 30.4 Å². The van der Waals surface area contributed by atoms with Crippen LogP contribution in [0.5, 0.6) is 0 Å². The fraction of sp³-hybridized carbons (Fsp3) is 0.533. The molecule has 0 bridgehead atoms. The van der Waals surface area contributed by atoms with Crippen molar-refractivity contribution in [2.24, 2.45) is 0 Å². The van der Waals surface area contributed by atoms with Crippen molar-refractivity contribution >= 4 is 34.8 Å². The second-order valence-electron chi connectivity index (χ2n) is 5.41. The molecule has 5 heteroatoms. The van der Waals surface area contributed by atoms with E-state index in [0.29, 0.717) is 28.3 Å². The average Bonchev–Trinajstić information content (AvgIpc) is 2.38. The lowest BCUT2D eigenvalue weighted by atomic mass is 9.94. The quantitative estimate of drug-likeness (QED) is 0.903. The summed E-state index contributed by atoms with van der Waals surface area (Å²) in [6.07, 6.45) is 6.22. The minimum atomic E-state index is -0.0311. The first-order chi connectivity index (χ1) is 9.54. The van der Waals surface area contributed by atoms with Gasteiger partial charge in [0.15, 0.2) is 0 Å². The smallest absolute Gasteiger partial charge is 0.238 e. The number of rotatable bonds is 4. The van der Waals surface area contributed by atoms with Crippen molar-refractivity contribution in [2.75, 3.05) is 18.9 Å². The first-order valence-electron chi connectivity index (χ1n) is 7.01. The molecule has 1 N–H and O–H groups in total. The van der Waals surface area contributed by atoms with Gasteiger partial charge in [-0.05, 0) is 38.1 Å². The molecule has 3 nitrogen and oxygen atoms in total. The lowest BCUT2D eigenvalue weighted by Gasteiger charge is -2.30. The molecule has 0 atom stereocenters. The van der Waals surface area contributed by atoms with E-state index in [-0.39, 0.29) is 5.91 Å². The molecule has 0 radical (unpaired) electrons. The SMILES string of the molecule is CN(CC(=O)Nc1cc(Cl)cc(Cl)c1)C1CCCCC1. The Hall–Kier alpha value is -0.770. The monoisotopic (exact) mass is 314 g/mol. The number of carbonyl (C=O) groups is 1. The summed E-state index contributed by atoms with van der Waals surface area (Å²) >= 11 is 11.8. The van der Waals surface area contributed by atoms with Gasteiger partial charge < -0.3 is 5.32 Å². The third-order valence-electron chi connectivity index (χ3n) is 3.74. The van der Waals surface area contributed by atoms with Gasteiger partial charge in [0.1, 0.15) is 0 Å². The summed E-state index contributed by atoms with van der Waals surface area (Å²) < 4.78 is 0. The van der Waals surface area contributed by atoms with Gasteiger partial charge in [-0.15, -0.1) is 0 Å². The van der Waals surface area contributed by atoms with Crippen LogP contribution in [0.25, 0.3) is 0 Å². The van der Waals surface area contributed by atoms with Crippen LogP contribution in [0.3, 0.4) is 0 Å². The van der Waals surface area contributed by atoms with Crippen molar-refractivity contribution < 1.29 is 4.79 Å². The first-order valence-corrected chi connectivity index (χ1v) is 7.76. The molecule has 0 aliphatic heterocycles. The summed E-state index contributed by atoms with van der Waals surface area (Å²) in [6.45, 7) is 0.398. The molecule has 0 unspecified atom stereocenters. The zero-order valence-corrected chi connectivity index (χ0v) is 13.2. The van der Waals surface area contributed by atoms with Crippen LogP contribution in [0.15, 0.2) is 18.2 Å². The molecule has 1 aliphatic carbocycles. The molecule has 1 amide bonds. The molecule has 0 saturated heterocycles. The van der Waals surface area contributed by atoms with Gasteiger partial charge in [-0.2, -0.15) is 0 Å². The molecule has 20 heavy (non-hydrogen) atoms. The first kappa shape index (κ1) is 15.6. The standard InChI is InChI=1S/C15H20Cl2N2O/c1-19(14-5-3-2-4-6-14)10-15(20)18-13-8-11(16)7-12(17)9-13/h7-9,14H,2-6,10H2,1H3,(H,18,20). The summed E-state index contributed by atoms with van der Waals surface area (Å²) in [5, 5.41) is 3.89. The fourth-order valence-electron chi connectivity index (χ4n) is 2.70. The number of benzene rings is 1. The van der Waals surface area contributed by atoms with Crippen molar-refractivity contribution in [3.8, 4) is 0 Å². The highest BCUT2D eigenvalue weighted by molar-refractivity contribution is 6.35. The minimum Gasteiger partial charge on any atom is -0.325 e. The van der Waals surface area contributed by atoms with E-state index in [9.17, 15) is 4.79 Å². The number of halogens is 2. The molecule has 0 heterocycles. The van der Waals surface area contributed by atoms with Gasteiger partial charge >= 0.3 is 0 Å². The zero-order chi connectivity index (χ0) is 14.5. The molecule has 1 aromatic rings. The molecule has 2 rings (SSSR count). The molecule has 1 aliphatic rings. The maximum Gasteiger partial charge on any atom is 0.238 e. The lowest BCUT2D eigenvalue weighted by molar-refractivity contribution is -0.117. The Morgan fingerprint density at radius 3 is 2.40 bits per heavy atom. The highest BCUT2D eigenvalue weighted by atomic mass is 35.5. The number of anilines is 1. The van der Waals surface area contributed by atoms with E-state index >= 15 is 0 Å². The molecule has 0 spiro atoms. The van der Waals surface area contributed by atoms with Crippen LogP contribution in [0.1, 0.15) is 32.1 Å². The summed E-state index contributed by atoms with van der Waals surface area (Å²) in [5.74, 6) is -0.0311. The fourth-order valence-corrected chi connectivity index (χ4v) is 3.23. The van der Waals surface area contributed by atoms with Gasteiger partial charge in [-0.25, -0.2) is 0 Å². The Labute approximate surface area is 130 Å². The zero-order valence-electron chi connectivity index (χ0n) is 11.7. The highest BCUT2D eigenvalue weighted by Gasteiger charge is 2.19. The number of nitrogens with zero attached hydrogens (tertiary/aromatic N) is 1. The topological polar surface area (TPSA) is 32.3 Å². The summed E-state index contributed by atoms with van der Waals surface area (Å²) in [5.41, 5.74) is 0.643. The van der Waals surface area contributed by atoms with E-state index < -0.39 is 0 Å². The van der Waals surface area contributed by atoms with E-state index in [4.69, 9.17) is 23.2 Å². The number of likely N-dealkylation sites (N-methyl/N-ethyl adjacent to an activating group) is 1. The van der Waals surface area contributed by atoms with Crippen molar-refractivity contribution in [2.45, 2.75) is 38.1 Å². The predicted molar refractivity (Wildman–Crippen MR) is 84.6 cm³/mol. The van der Waals surface area contributed by atoms with Gasteiger partial charge in [-0.3, -0.25) is 9.69 Å². The molecule has 1 saturated carbocycles. The number of nitrogens with one attached hydrogen (secondary N) is 1. The van der Waals surface area contributed by atoms with E-state index in [1.165, 1.54) is 32.1 Å². The van der Waals surface area contributed by atoms with Crippen LogP contribution >= 0.6 is 23.2 Å². The number of carbonyl (C=O) groups excluding carboxylic acids is 1. The van der Waals surface area contributed by atoms with Gasteiger partial charge in [0, 0.05) is 21.8 Å². The Kier molecular flexibility index (Phi) is 5.70. The normalized spacial score (nSPS) is 16.4. The second-order valence-corrected chi connectivity index (χ2v) is 6.29. The Morgan fingerprint density at radius 2 is 1.80 bits per heavy atom. The molecular weight excluding hydrogens is 295 g/mol. The largest absolute Gasteiger partial charge is 0.325 e. The van der Waals surface area contributed by atoms with Gasteiger partial charge in [-0.1, -0.05) is 42.5 Å². The highest BCUT2D eigenvalue weighted by Crippen LogP contribution is 2.23. The molecular formula is C15H20Cl2N2O. The molecule has 1 aromatic carbocycles. The third kappa shape index (κ3) is 4.65. The average molecular weight is 315 g/mol. The Morgan fingerprint density at radius 1 is 1.20 bits per heavy atom. The maximum absolute atomic E-state index is 12.0. The molecule has 110 valence electrons. The van der Waals surface area contributed by atoms with Crippen LogP contribution in [0, 0.1) is 0 Å². The second kappa shape index (κ2) is 7.30. The number of hydrogen-bond acceptors (Lipinski definition) is 2. The summed E-state index contributed by atoms with van der Waals surface area (Å²) in [7, 11) is 2.01. The van der Waals surface area contributed by atoms with Crippen molar-refractivity contribution in [3.05, 3.63) is 28.2 Å². The number of amides is 1. The molecule has 0 aromatic heterocycles. The number of hydrogen-bond donors (Lipinski definition) is 1. The van der Waals surface area contributed by atoms with Gasteiger partial charge in [0.05, 0.1) is 6.54 Å². The van der Waals surface area contributed by atoms with Gasteiger partial charge in [0.2, 0.25) is 5.91 Å². The van der Waals surface area contributed by atoms with Crippen LogP contribution in [0.4, 0.5) is 5.69 Å². The van der Waals surface area contributed by atoms with E-state index in [1.807, 2.05) is 7.05 Å². The van der Waals surface area contributed by atoms with E-state index in [1.54, 1.807) is 18.2 Å². The maximum atomic E-state index is 12.0. The van der Waals surface area contributed by atoms with Gasteiger partial charge in [0.25, 0.3) is 0 Å². The van der Waals surface area contributed by atoms with Crippen LogP contribution in [0.2, 0.25) is 10.0 Å². The van der Waals surface area contributed by atoms with Crippen molar-refractivity contribution in [1.29, 1.82) is 0 Å². The Bertz CT molecular complexity index is 453. The Balaban J connectivity index is 1.88.